The van der Waals surface area contributed by atoms with E-state index in [1.807, 2.05) is 0 Å². The first-order chi connectivity index (χ1) is 5.77. The number of hydrogen-bond donors (Lipinski definition) is 1. The van der Waals surface area contributed by atoms with Gasteiger partial charge in [0, 0.05) is 19.2 Å². The third-order valence-corrected chi connectivity index (χ3v) is 3.07. The van der Waals surface area contributed by atoms with Crippen LogP contribution in [0.1, 0.15) is 33.1 Å². The van der Waals surface area contributed by atoms with E-state index in [0.717, 1.165) is 18.4 Å². The van der Waals surface area contributed by atoms with E-state index in [0.29, 0.717) is 6.61 Å². The fraction of sp³-hybridized carbons (Fsp3) is 1.00. The fourth-order valence-electron chi connectivity index (χ4n) is 1.94. The van der Waals surface area contributed by atoms with Crippen molar-refractivity contribution in [1.82, 2.24) is 4.90 Å². The van der Waals surface area contributed by atoms with Crippen molar-refractivity contribution in [2.45, 2.75) is 39.2 Å². The van der Waals surface area contributed by atoms with Gasteiger partial charge in [-0.25, -0.2) is 0 Å². The molecule has 1 saturated heterocycles. The van der Waals surface area contributed by atoms with Gasteiger partial charge in [-0.05, 0) is 38.6 Å². The van der Waals surface area contributed by atoms with Gasteiger partial charge in [0.25, 0.3) is 0 Å². The molecule has 12 heavy (non-hydrogen) atoms. The third kappa shape index (κ3) is 2.46. The van der Waals surface area contributed by atoms with E-state index in [2.05, 4.69) is 18.7 Å². The number of hydrogen-bond acceptors (Lipinski definition) is 2. The summed E-state index contributed by atoms with van der Waals surface area (Å²) in [5, 5.41) is 8.79. The molecule has 1 heterocycles. The molecule has 1 rings (SSSR count). The summed E-state index contributed by atoms with van der Waals surface area (Å²) in [5.41, 5.74) is 0. The van der Waals surface area contributed by atoms with E-state index in [1.54, 1.807) is 0 Å². The summed E-state index contributed by atoms with van der Waals surface area (Å²) >= 11 is 0. The predicted molar refractivity (Wildman–Crippen MR) is 51.1 cm³/mol. The fourth-order valence-corrected chi connectivity index (χ4v) is 1.94. The molecule has 0 aromatic heterocycles. The van der Waals surface area contributed by atoms with Crippen molar-refractivity contribution >= 4 is 0 Å². The largest absolute Gasteiger partial charge is 0.396 e. The number of nitrogens with zero attached hydrogens (tertiary/aromatic N) is 1. The molecule has 2 heteroatoms. The van der Waals surface area contributed by atoms with E-state index in [-0.39, 0.29) is 0 Å². The second kappa shape index (κ2) is 4.83. The Labute approximate surface area is 75.6 Å². The van der Waals surface area contributed by atoms with Crippen molar-refractivity contribution in [3.05, 3.63) is 0 Å². The van der Waals surface area contributed by atoms with Crippen LogP contribution in [-0.4, -0.2) is 35.7 Å². The van der Waals surface area contributed by atoms with Gasteiger partial charge < -0.3 is 10.0 Å². The lowest BCUT2D eigenvalue weighted by atomic mass is 10.1. The molecule has 1 fully saturated rings. The van der Waals surface area contributed by atoms with Gasteiger partial charge in [0.05, 0.1) is 0 Å². The number of likely N-dealkylation sites (tertiary alicyclic amines) is 1. The van der Waals surface area contributed by atoms with Crippen LogP contribution in [0.25, 0.3) is 0 Å². The molecule has 2 unspecified atom stereocenters. The lowest BCUT2D eigenvalue weighted by molar-refractivity contribution is 0.224. The summed E-state index contributed by atoms with van der Waals surface area (Å²) in [6.45, 7) is 7.33. The molecule has 1 aliphatic rings. The van der Waals surface area contributed by atoms with Crippen LogP contribution in [0.4, 0.5) is 0 Å². The van der Waals surface area contributed by atoms with E-state index >= 15 is 0 Å². The summed E-state index contributed by atoms with van der Waals surface area (Å²) in [6.07, 6.45) is 3.52. The maximum Gasteiger partial charge on any atom is 0.0434 e. The van der Waals surface area contributed by atoms with Crippen molar-refractivity contribution < 1.29 is 5.11 Å². The summed E-state index contributed by atoms with van der Waals surface area (Å²) in [7, 11) is 0. The van der Waals surface area contributed by atoms with Crippen LogP contribution < -0.4 is 0 Å². The first-order valence-electron chi connectivity index (χ1n) is 5.12. The van der Waals surface area contributed by atoms with E-state index < -0.39 is 0 Å². The smallest absolute Gasteiger partial charge is 0.0434 e. The molecule has 0 saturated carbocycles. The van der Waals surface area contributed by atoms with Gasteiger partial charge in [-0.15, -0.1) is 0 Å². The van der Waals surface area contributed by atoms with Gasteiger partial charge in [-0.1, -0.05) is 6.92 Å². The number of rotatable bonds is 4. The van der Waals surface area contributed by atoms with Crippen molar-refractivity contribution in [3.8, 4) is 0 Å². The molecular weight excluding hydrogens is 150 g/mol. The molecule has 0 aromatic rings. The zero-order valence-corrected chi connectivity index (χ0v) is 8.29. The van der Waals surface area contributed by atoms with Gasteiger partial charge in [0.15, 0.2) is 0 Å². The summed E-state index contributed by atoms with van der Waals surface area (Å²) in [4.78, 5) is 2.54. The van der Waals surface area contributed by atoms with Crippen molar-refractivity contribution in [1.29, 1.82) is 0 Å². The molecule has 0 bridgehead atoms. The Bertz CT molecular complexity index is 127. The minimum Gasteiger partial charge on any atom is -0.396 e. The van der Waals surface area contributed by atoms with Crippen LogP contribution in [0, 0.1) is 5.92 Å². The predicted octanol–water partition coefficient (Wildman–Crippen LogP) is 1.49. The van der Waals surface area contributed by atoms with Crippen molar-refractivity contribution in [3.63, 3.8) is 0 Å². The lowest BCUT2D eigenvalue weighted by Crippen LogP contribution is -2.30. The first kappa shape index (κ1) is 10.0. The van der Waals surface area contributed by atoms with Gasteiger partial charge in [-0.2, -0.15) is 0 Å². The minimum atomic E-state index is 0.360. The topological polar surface area (TPSA) is 23.5 Å². The highest BCUT2D eigenvalue weighted by atomic mass is 16.3. The maximum atomic E-state index is 8.79. The van der Waals surface area contributed by atoms with E-state index in [9.17, 15) is 0 Å². The van der Waals surface area contributed by atoms with Crippen LogP contribution in [-0.2, 0) is 0 Å². The van der Waals surface area contributed by atoms with Gasteiger partial charge >= 0.3 is 0 Å². The highest BCUT2D eigenvalue weighted by Crippen LogP contribution is 2.21. The average molecular weight is 171 g/mol. The first-order valence-corrected chi connectivity index (χ1v) is 5.12. The van der Waals surface area contributed by atoms with Crippen LogP contribution in [0.2, 0.25) is 0 Å². The van der Waals surface area contributed by atoms with Gasteiger partial charge in [-0.3, -0.25) is 0 Å². The highest BCUT2D eigenvalue weighted by Gasteiger charge is 2.24. The number of aliphatic hydroxyl groups is 1. The Morgan fingerprint density at radius 2 is 2.33 bits per heavy atom. The van der Waals surface area contributed by atoms with Crippen molar-refractivity contribution in [2.75, 3.05) is 19.7 Å². The molecule has 2 nitrogen and oxygen atoms in total. The number of aliphatic hydroxyl groups excluding tert-OH is 1. The molecule has 2 atom stereocenters. The van der Waals surface area contributed by atoms with Crippen LogP contribution in [0.3, 0.4) is 0 Å². The molecular formula is C10H21NO. The highest BCUT2D eigenvalue weighted by molar-refractivity contribution is 4.78. The summed E-state index contributed by atoms with van der Waals surface area (Å²) in [5.74, 6) is 0.754. The van der Waals surface area contributed by atoms with Gasteiger partial charge in [0.1, 0.15) is 0 Å². The zero-order valence-electron chi connectivity index (χ0n) is 8.29. The third-order valence-electron chi connectivity index (χ3n) is 3.07. The standard InChI is InChI=1S/C10H21NO/c1-3-9(2)11-6-4-10(8-11)5-7-12/h9-10,12H,3-8H2,1-2H3. The Hall–Kier alpha value is -0.0800. The molecule has 0 spiro atoms. The van der Waals surface area contributed by atoms with Gasteiger partial charge in [0.2, 0.25) is 0 Å². The molecule has 0 aromatic carbocycles. The van der Waals surface area contributed by atoms with E-state index in [4.69, 9.17) is 5.11 Å². The molecule has 0 aliphatic carbocycles. The molecule has 72 valence electrons. The van der Waals surface area contributed by atoms with Crippen LogP contribution in [0.15, 0.2) is 0 Å². The SMILES string of the molecule is CCC(C)N1CCC(CCO)C1. The Balaban J connectivity index is 2.25. The second-order valence-corrected chi connectivity index (χ2v) is 3.92. The Kier molecular flexibility index (Phi) is 4.02. The Morgan fingerprint density at radius 1 is 1.58 bits per heavy atom. The molecule has 0 amide bonds. The second-order valence-electron chi connectivity index (χ2n) is 3.92. The molecule has 1 N–H and O–H groups in total. The summed E-state index contributed by atoms with van der Waals surface area (Å²) in [6, 6.07) is 0.730. The van der Waals surface area contributed by atoms with Crippen molar-refractivity contribution in [2.24, 2.45) is 5.92 Å². The average Bonchev–Trinajstić information content (AvgIpc) is 2.52. The zero-order chi connectivity index (χ0) is 8.97. The maximum absolute atomic E-state index is 8.79. The monoisotopic (exact) mass is 171 g/mol. The van der Waals surface area contributed by atoms with E-state index in [1.165, 1.54) is 25.9 Å². The lowest BCUT2D eigenvalue weighted by Gasteiger charge is -2.22. The quantitative estimate of drug-likeness (QED) is 0.692. The molecule has 1 aliphatic heterocycles. The Morgan fingerprint density at radius 3 is 2.92 bits per heavy atom. The minimum absolute atomic E-state index is 0.360. The summed E-state index contributed by atoms with van der Waals surface area (Å²) < 4.78 is 0. The normalized spacial score (nSPS) is 27.8. The molecule has 0 radical (unpaired) electrons. The van der Waals surface area contributed by atoms with Crippen LogP contribution in [0.5, 0.6) is 0 Å². The van der Waals surface area contributed by atoms with Crippen LogP contribution >= 0.6 is 0 Å².